The lowest BCUT2D eigenvalue weighted by atomic mass is 10.1. The van der Waals surface area contributed by atoms with Gasteiger partial charge in [-0.25, -0.2) is 14.4 Å². The summed E-state index contributed by atoms with van der Waals surface area (Å²) in [5, 5.41) is 6.28. The lowest BCUT2D eigenvalue weighted by molar-refractivity contribution is 0.0673. The molecule has 0 heterocycles. The summed E-state index contributed by atoms with van der Waals surface area (Å²) in [6, 6.07) is 6.88. The van der Waals surface area contributed by atoms with E-state index in [0.717, 1.165) is 11.1 Å². The van der Waals surface area contributed by atoms with Crippen LogP contribution in [0.3, 0.4) is 0 Å². The average molecular weight is 396 g/mol. The van der Waals surface area contributed by atoms with Crippen LogP contribution in [-0.2, 0) is 19.0 Å². The van der Waals surface area contributed by atoms with Gasteiger partial charge in [-0.15, -0.1) is 0 Å². The molecule has 0 unspecified atom stereocenters. The standard InChI is InChI=1S/C17H24N4O7/c1-11-3-5-13(6-4-11)12(2)21-28-8-7-25-17(24)20-14(9-26-15(18)22)10-27-16(19)23/h3-6,14H,7-10H2,1-2H3,(H2,18,22)(H2,19,23)(H,20,24)/b21-12+. The third kappa shape index (κ3) is 9.85. The van der Waals surface area contributed by atoms with E-state index < -0.39 is 24.3 Å². The molecule has 0 fully saturated rings. The van der Waals surface area contributed by atoms with Crippen LogP contribution in [0.4, 0.5) is 14.4 Å². The van der Waals surface area contributed by atoms with Gasteiger partial charge in [-0.2, -0.15) is 0 Å². The molecule has 154 valence electrons. The first-order valence-corrected chi connectivity index (χ1v) is 8.29. The summed E-state index contributed by atoms with van der Waals surface area (Å²) in [6.45, 7) is 3.07. The van der Waals surface area contributed by atoms with Gasteiger partial charge in [-0.05, 0) is 19.4 Å². The van der Waals surface area contributed by atoms with Crippen LogP contribution in [0, 0.1) is 6.92 Å². The van der Waals surface area contributed by atoms with Crippen molar-refractivity contribution in [3.05, 3.63) is 35.4 Å². The molecule has 0 spiro atoms. The third-order valence-electron chi connectivity index (χ3n) is 3.25. The third-order valence-corrected chi connectivity index (χ3v) is 3.25. The van der Waals surface area contributed by atoms with Crippen molar-refractivity contribution < 1.29 is 33.4 Å². The molecule has 0 aliphatic rings. The number of amides is 3. The summed E-state index contributed by atoms with van der Waals surface area (Å²) >= 11 is 0. The number of hydrogen-bond acceptors (Lipinski definition) is 8. The van der Waals surface area contributed by atoms with Crippen LogP contribution in [0.5, 0.6) is 0 Å². The van der Waals surface area contributed by atoms with Crippen LogP contribution in [0.15, 0.2) is 29.4 Å². The Labute approximate surface area is 161 Å². The van der Waals surface area contributed by atoms with Crippen molar-refractivity contribution in [3.8, 4) is 0 Å². The number of aryl methyl sites for hydroxylation is 1. The number of carbonyl (C=O) groups is 3. The number of nitrogens with zero attached hydrogens (tertiary/aromatic N) is 1. The molecule has 11 nitrogen and oxygen atoms in total. The minimum absolute atomic E-state index is 0.0247. The monoisotopic (exact) mass is 396 g/mol. The number of oxime groups is 1. The Morgan fingerprint density at radius 1 is 1.00 bits per heavy atom. The predicted octanol–water partition coefficient (Wildman–Crippen LogP) is 1.02. The molecular formula is C17H24N4O7. The van der Waals surface area contributed by atoms with E-state index in [1.165, 1.54) is 0 Å². The Morgan fingerprint density at radius 2 is 1.57 bits per heavy atom. The maximum atomic E-state index is 11.7. The Balaban J connectivity index is 2.34. The lowest BCUT2D eigenvalue weighted by Gasteiger charge is -2.17. The van der Waals surface area contributed by atoms with E-state index in [1.54, 1.807) is 6.92 Å². The van der Waals surface area contributed by atoms with Gasteiger partial charge in [-0.1, -0.05) is 35.0 Å². The summed E-state index contributed by atoms with van der Waals surface area (Å²) in [7, 11) is 0. The number of rotatable bonds is 10. The first-order valence-electron chi connectivity index (χ1n) is 8.29. The largest absolute Gasteiger partial charge is 0.447 e. The molecule has 1 rings (SSSR count). The van der Waals surface area contributed by atoms with Crippen LogP contribution in [0.1, 0.15) is 18.1 Å². The molecule has 0 saturated carbocycles. The van der Waals surface area contributed by atoms with E-state index >= 15 is 0 Å². The van der Waals surface area contributed by atoms with Crippen LogP contribution < -0.4 is 16.8 Å². The molecule has 1 aromatic rings. The molecular weight excluding hydrogens is 372 g/mol. The van der Waals surface area contributed by atoms with Crippen molar-refractivity contribution >= 4 is 24.0 Å². The normalized spacial score (nSPS) is 10.9. The molecule has 0 radical (unpaired) electrons. The van der Waals surface area contributed by atoms with E-state index in [4.69, 9.17) is 21.0 Å². The summed E-state index contributed by atoms with van der Waals surface area (Å²) < 4.78 is 14.0. The number of nitrogens with two attached hydrogens (primary N) is 2. The number of carbonyl (C=O) groups excluding carboxylic acids is 3. The van der Waals surface area contributed by atoms with Gasteiger partial charge in [-0.3, -0.25) is 0 Å². The molecule has 11 heteroatoms. The molecule has 0 bridgehead atoms. The van der Waals surface area contributed by atoms with Gasteiger partial charge in [0, 0.05) is 0 Å². The maximum absolute atomic E-state index is 11.7. The fourth-order valence-electron chi connectivity index (χ4n) is 1.87. The molecule has 0 saturated heterocycles. The molecule has 3 amide bonds. The summed E-state index contributed by atoms with van der Waals surface area (Å²) in [5.41, 5.74) is 12.4. The van der Waals surface area contributed by atoms with E-state index in [9.17, 15) is 14.4 Å². The van der Waals surface area contributed by atoms with Gasteiger partial charge >= 0.3 is 18.3 Å². The Bertz CT molecular complexity index is 673. The quantitative estimate of drug-likeness (QED) is 0.230. The zero-order valence-electron chi connectivity index (χ0n) is 15.7. The minimum Gasteiger partial charge on any atom is -0.447 e. The second kappa shape index (κ2) is 12.0. The van der Waals surface area contributed by atoms with E-state index in [-0.39, 0.29) is 26.4 Å². The number of ether oxygens (including phenoxy) is 3. The zero-order chi connectivity index (χ0) is 20.9. The number of primary amides is 2. The van der Waals surface area contributed by atoms with Gasteiger partial charge in [0.1, 0.15) is 25.9 Å². The van der Waals surface area contributed by atoms with Crippen LogP contribution in [-0.4, -0.2) is 56.5 Å². The van der Waals surface area contributed by atoms with Gasteiger partial charge in [0.25, 0.3) is 0 Å². The van der Waals surface area contributed by atoms with E-state index in [1.807, 2.05) is 31.2 Å². The molecule has 0 aromatic heterocycles. The zero-order valence-corrected chi connectivity index (χ0v) is 15.7. The minimum atomic E-state index is -1.05. The van der Waals surface area contributed by atoms with Crippen LogP contribution in [0.2, 0.25) is 0 Å². The highest BCUT2D eigenvalue weighted by Crippen LogP contribution is 2.04. The van der Waals surface area contributed by atoms with Gasteiger partial charge in [0.15, 0.2) is 6.61 Å². The molecule has 1 aromatic carbocycles. The fraction of sp³-hybridized carbons (Fsp3) is 0.412. The first-order chi connectivity index (χ1) is 13.3. The number of benzene rings is 1. The highest BCUT2D eigenvalue weighted by atomic mass is 16.6. The highest BCUT2D eigenvalue weighted by molar-refractivity contribution is 5.98. The molecule has 28 heavy (non-hydrogen) atoms. The number of hydrogen-bond donors (Lipinski definition) is 3. The Hall–Kier alpha value is -3.50. The molecule has 0 atom stereocenters. The predicted molar refractivity (Wildman–Crippen MR) is 98.7 cm³/mol. The second-order valence-electron chi connectivity index (χ2n) is 5.61. The summed E-state index contributed by atoms with van der Waals surface area (Å²) in [6.07, 6.45) is -2.93. The Kier molecular flexibility index (Phi) is 9.65. The van der Waals surface area contributed by atoms with Crippen LogP contribution in [0.25, 0.3) is 0 Å². The smallest absolute Gasteiger partial charge is 0.407 e. The molecule has 0 aliphatic carbocycles. The van der Waals surface area contributed by atoms with Crippen LogP contribution >= 0.6 is 0 Å². The Morgan fingerprint density at radius 3 is 2.11 bits per heavy atom. The van der Waals surface area contributed by atoms with Gasteiger partial charge in [0.05, 0.1) is 5.71 Å². The topological polar surface area (TPSA) is 165 Å². The van der Waals surface area contributed by atoms with Crippen molar-refractivity contribution in [2.45, 2.75) is 19.9 Å². The highest BCUT2D eigenvalue weighted by Gasteiger charge is 2.17. The van der Waals surface area contributed by atoms with E-state index in [0.29, 0.717) is 5.71 Å². The van der Waals surface area contributed by atoms with Crippen molar-refractivity contribution in [2.75, 3.05) is 26.4 Å². The summed E-state index contributed by atoms with van der Waals surface area (Å²) in [5.74, 6) is 0. The van der Waals surface area contributed by atoms with Crippen molar-refractivity contribution in [1.29, 1.82) is 0 Å². The second-order valence-corrected chi connectivity index (χ2v) is 5.61. The number of alkyl carbamates (subject to hydrolysis) is 1. The van der Waals surface area contributed by atoms with E-state index in [2.05, 4.69) is 19.9 Å². The molecule has 0 aliphatic heterocycles. The van der Waals surface area contributed by atoms with Gasteiger partial charge < -0.3 is 35.8 Å². The average Bonchev–Trinajstić information content (AvgIpc) is 2.63. The lowest BCUT2D eigenvalue weighted by Crippen LogP contribution is -2.43. The van der Waals surface area contributed by atoms with Crippen molar-refractivity contribution in [2.24, 2.45) is 16.6 Å². The van der Waals surface area contributed by atoms with Crippen molar-refractivity contribution in [3.63, 3.8) is 0 Å². The fourth-order valence-corrected chi connectivity index (χ4v) is 1.87. The maximum Gasteiger partial charge on any atom is 0.407 e. The first kappa shape index (κ1) is 22.5. The molecule has 5 N–H and O–H groups in total. The summed E-state index contributed by atoms with van der Waals surface area (Å²) in [4.78, 5) is 38.1. The number of nitrogens with one attached hydrogen (secondary N) is 1. The van der Waals surface area contributed by atoms with Crippen molar-refractivity contribution in [1.82, 2.24) is 5.32 Å². The van der Waals surface area contributed by atoms with Gasteiger partial charge in [0.2, 0.25) is 0 Å². The SMILES string of the molecule is C/C(=N\OCCOC(=O)NC(COC(N)=O)COC(N)=O)c1ccc(C)cc1.